The van der Waals surface area contributed by atoms with Crippen LogP contribution in [-0.4, -0.2) is 11.0 Å². The molecule has 0 aliphatic heterocycles. The van der Waals surface area contributed by atoms with Crippen LogP contribution in [0.3, 0.4) is 0 Å². The van der Waals surface area contributed by atoms with Gasteiger partial charge in [-0.2, -0.15) is 8.78 Å². The highest BCUT2D eigenvalue weighted by molar-refractivity contribution is 4.98. The van der Waals surface area contributed by atoms with Crippen molar-refractivity contribution in [1.82, 2.24) is 0 Å². The summed E-state index contributed by atoms with van der Waals surface area (Å²) in [6.07, 6.45) is 0.972. The molecule has 0 aromatic rings. The molecule has 3 heteroatoms. The maximum atomic E-state index is 11.8. The summed E-state index contributed by atoms with van der Waals surface area (Å²) in [7, 11) is 0. The lowest BCUT2D eigenvalue weighted by Gasteiger charge is -2.06. The molecule has 0 rings (SSSR count). The number of aliphatic hydroxyl groups is 1. The Morgan fingerprint density at radius 2 is 2.00 bits per heavy atom. The van der Waals surface area contributed by atoms with Crippen molar-refractivity contribution in [2.75, 3.05) is 0 Å². The van der Waals surface area contributed by atoms with Crippen LogP contribution in [-0.2, 0) is 0 Å². The lowest BCUT2D eigenvalue weighted by atomic mass is 10.3. The Hall–Kier alpha value is -0.600. The molecular formula is C5H8F2O. The first-order valence-electron chi connectivity index (χ1n) is 2.22. The number of alkyl halides is 2. The molecule has 0 saturated carbocycles. The Bertz CT molecular complexity index is 101. The fraction of sp³-hybridized carbons (Fsp3) is 0.600. The molecule has 8 heavy (non-hydrogen) atoms. The van der Waals surface area contributed by atoms with Gasteiger partial charge >= 0.3 is 5.92 Å². The van der Waals surface area contributed by atoms with Crippen molar-refractivity contribution in [1.29, 1.82) is 0 Å². The normalized spacial score (nSPS) is 14.2. The molecule has 0 radical (unpaired) electrons. The van der Waals surface area contributed by atoms with Gasteiger partial charge in [-0.25, -0.2) is 0 Å². The van der Waals surface area contributed by atoms with Gasteiger partial charge in [0.1, 0.15) is 0 Å². The highest BCUT2D eigenvalue weighted by Gasteiger charge is 2.25. The highest BCUT2D eigenvalue weighted by atomic mass is 19.3. The standard InChI is InChI=1S/C5H8F2O/c1-3-4(8)5(2,6)7/h3,8H,1-2H3. The second-order valence-electron chi connectivity index (χ2n) is 1.56. The molecular weight excluding hydrogens is 114 g/mol. The van der Waals surface area contributed by atoms with Gasteiger partial charge in [-0.3, -0.25) is 0 Å². The van der Waals surface area contributed by atoms with E-state index in [1.807, 2.05) is 0 Å². The molecule has 0 aliphatic carbocycles. The first kappa shape index (κ1) is 7.40. The maximum Gasteiger partial charge on any atom is 0.300 e. The quantitative estimate of drug-likeness (QED) is 0.528. The number of halogens is 2. The predicted octanol–water partition coefficient (Wildman–Crippen LogP) is 2.10. The minimum atomic E-state index is -3.07. The van der Waals surface area contributed by atoms with Crippen LogP contribution in [0.4, 0.5) is 8.78 Å². The number of hydrogen-bond donors (Lipinski definition) is 1. The average molecular weight is 122 g/mol. The summed E-state index contributed by atoms with van der Waals surface area (Å²) in [5.41, 5.74) is 0. The number of rotatable bonds is 1. The molecule has 1 nitrogen and oxygen atoms in total. The largest absolute Gasteiger partial charge is 0.507 e. The molecule has 0 unspecified atom stereocenters. The second-order valence-corrected chi connectivity index (χ2v) is 1.56. The molecule has 0 fully saturated rings. The Morgan fingerprint density at radius 1 is 1.62 bits per heavy atom. The van der Waals surface area contributed by atoms with Gasteiger partial charge in [0, 0.05) is 6.92 Å². The topological polar surface area (TPSA) is 20.2 Å². The lowest BCUT2D eigenvalue weighted by molar-refractivity contribution is 0.0185. The van der Waals surface area contributed by atoms with Gasteiger partial charge < -0.3 is 5.11 Å². The van der Waals surface area contributed by atoms with Gasteiger partial charge in [-0.15, -0.1) is 0 Å². The van der Waals surface area contributed by atoms with Crippen LogP contribution in [0.1, 0.15) is 13.8 Å². The zero-order valence-electron chi connectivity index (χ0n) is 4.78. The van der Waals surface area contributed by atoms with E-state index in [1.54, 1.807) is 0 Å². The fourth-order valence-corrected chi connectivity index (χ4v) is 0.253. The van der Waals surface area contributed by atoms with Crippen molar-refractivity contribution in [3.63, 3.8) is 0 Å². The third-order valence-electron chi connectivity index (χ3n) is 0.723. The molecule has 0 aliphatic rings. The third kappa shape index (κ3) is 1.91. The van der Waals surface area contributed by atoms with E-state index in [0.717, 1.165) is 6.08 Å². The van der Waals surface area contributed by atoms with Crippen molar-refractivity contribution < 1.29 is 13.9 Å². The van der Waals surface area contributed by atoms with Crippen molar-refractivity contribution in [3.8, 4) is 0 Å². The van der Waals surface area contributed by atoms with E-state index in [0.29, 0.717) is 6.92 Å². The van der Waals surface area contributed by atoms with Gasteiger partial charge in [-0.05, 0) is 13.0 Å². The van der Waals surface area contributed by atoms with Crippen molar-refractivity contribution in [2.45, 2.75) is 19.8 Å². The molecule has 1 N–H and O–H groups in total. The van der Waals surface area contributed by atoms with E-state index in [9.17, 15) is 8.78 Å². The molecule has 0 spiro atoms. The lowest BCUT2D eigenvalue weighted by Crippen LogP contribution is -2.12. The molecule has 0 amide bonds. The SMILES string of the molecule is CC=C(O)C(C)(F)F. The molecule has 0 heterocycles. The van der Waals surface area contributed by atoms with E-state index in [1.165, 1.54) is 6.92 Å². The van der Waals surface area contributed by atoms with E-state index < -0.39 is 11.7 Å². The van der Waals surface area contributed by atoms with Crippen molar-refractivity contribution >= 4 is 0 Å². The zero-order chi connectivity index (χ0) is 6.78. The minimum absolute atomic E-state index is 0.641. The van der Waals surface area contributed by atoms with E-state index in [4.69, 9.17) is 5.11 Å². The summed E-state index contributed by atoms with van der Waals surface area (Å²) in [4.78, 5) is 0. The predicted molar refractivity (Wildman–Crippen MR) is 27.0 cm³/mol. The number of hydrogen-bond acceptors (Lipinski definition) is 1. The summed E-state index contributed by atoms with van der Waals surface area (Å²) in [6.45, 7) is 2.00. The Balaban J connectivity index is 4.03. The molecule has 0 atom stereocenters. The van der Waals surface area contributed by atoms with Gasteiger partial charge in [0.25, 0.3) is 0 Å². The van der Waals surface area contributed by atoms with Crippen LogP contribution in [0.25, 0.3) is 0 Å². The Morgan fingerprint density at radius 3 is 2.00 bits per heavy atom. The van der Waals surface area contributed by atoms with Crippen molar-refractivity contribution in [2.24, 2.45) is 0 Å². The monoisotopic (exact) mass is 122 g/mol. The Kier molecular flexibility index (Phi) is 1.95. The average Bonchev–Trinajstić information content (AvgIpc) is 1.62. The van der Waals surface area contributed by atoms with E-state index in [2.05, 4.69) is 0 Å². The maximum absolute atomic E-state index is 11.8. The van der Waals surface area contributed by atoms with Crippen LogP contribution < -0.4 is 0 Å². The highest BCUT2D eigenvalue weighted by Crippen LogP contribution is 2.19. The van der Waals surface area contributed by atoms with Gasteiger partial charge in [0.15, 0.2) is 5.76 Å². The van der Waals surface area contributed by atoms with Crippen LogP contribution in [0.5, 0.6) is 0 Å². The van der Waals surface area contributed by atoms with Crippen LogP contribution in [0, 0.1) is 0 Å². The third-order valence-corrected chi connectivity index (χ3v) is 0.723. The first-order chi connectivity index (χ1) is 3.48. The fourth-order valence-electron chi connectivity index (χ4n) is 0.253. The van der Waals surface area contributed by atoms with E-state index in [-0.39, 0.29) is 0 Å². The molecule has 48 valence electrons. The summed E-state index contributed by atoms with van der Waals surface area (Å²) in [5.74, 6) is -3.95. The second kappa shape index (κ2) is 2.11. The van der Waals surface area contributed by atoms with Gasteiger partial charge in [0.2, 0.25) is 0 Å². The summed E-state index contributed by atoms with van der Waals surface area (Å²) in [5, 5.41) is 8.31. The van der Waals surface area contributed by atoms with Crippen LogP contribution in [0.15, 0.2) is 11.8 Å². The smallest absolute Gasteiger partial charge is 0.300 e. The summed E-state index contributed by atoms with van der Waals surface area (Å²) in [6, 6.07) is 0. The molecule has 0 aromatic carbocycles. The van der Waals surface area contributed by atoms with Crippen LogP contribution >= 0.6 is 0 Å². The minimum Gasteiger partial charge on any atom is -0.507 e. The Labute approximate surface area is 46.6 Å². The van der Waals surface area contributed by atoms with E-state index >= 15 is 0 Å². The van der Waals surface area contributed by atoms with Gasteiger partial charge in [-0.1, -0.05) is 0 Å². The van der Waals surface area contributed by atoms with Gasteiger partial charge in [0.05, 0.1) is 0 Å². The van der Waals surface area contributed by atoms with Crippen molar-refractivity contribution in [3.05, 3.63) is 11.8 Å². The zero-order valence-corrected chi connectivity index (χ0v) is 4.78. The van der Waals surface area contributed by atoms with Crippen LogP contribution in [0.2, 0.25) is 0 Å². The number of aliphatic hydroxyl groups excluding tert-OH is 1. The molecule has 0 saturated heterocycles. The summed E-state index contributed by atoms with van der Waals surface area (Å²) >= 11 is 0. The molecule has 0 bridgehead atoms. The number of allylic oxidation sites excluding steroid dienone is 2. The summed E-state index contributed by atoms with van der Waals surface area (Å²) < 4.78 is 23.6. The first-order valence-corrected chi connectivity index (χ1v) is 2.22. The molecule has 0 aromatic heterocycles.